The number of H-pyrrole nitrogens is 2. The molecular weight excluding hydrogens is 304 g/mol. The third kappa shape index (κ3) is 2.35. The lowest BCUT2D eigenvalue weighted by atomic mass is 10.4. The van der Waals surface area contributed by atoms with Crippen LogP contribution in [0.25, 0.3) is 0 Å². The molecule has 5 heterocycles. The topological polar surface area (TPSA) is 105 Å². The highest BCUT2D eigenvalue weighted by Crippen LogP contribution is 2.22. The van der Waals surface area contributed by atoms with Crippen LogP contribution in [-0.4, -0.2) is 33.3 Å². The van der Waals surface area contributed by atoms with E-state index in [1.165, 1.54) is 0 Å². The molecule has 0 fully saturated rings. The number of amidine groups is 4. The summed E-state index contributed by atoms with van der Waals surface area (Å²) in [6.45, 7) is 0. The van der Waals surface area contributed by atoms with Crippen molar-refractivity contribution < 1.29 is 0 Å². The molecule has 0 saturated heterocycles. The second-order valence-corrected chi connectivity index (χ2v) is 5.37. The summed E-state index contributed by atoms with van der Waals surface area (Å²) in [5.41, 5.74) is 0. The number of fused-ring (bicyclic) bond motifs is 6. The van der Waals surface area contributed by atoms with E-state index < -0.39 is 0 Å². The van der Waals surface area contributed by atoms with Gasteiger partial charge in [-0.1, -0.05) is 0 Å². The minimum atomic E-state index is 0.581. The van der Waals surface area contributed by atoms with Gasteiger partial charge in [0.2, 0.25) is 0 Å². The van der Waals surface area contributed by atoms with Gasteiger partial charge in [-0.2, -0.15) is 0 Å². The molecule has 0 radical (unpaired) electrons. The van der Waals surface area contributed by atoms with E-state index in [-0.39, 0.29) is 0 Å². The van der Waals surface area contributed by atoms with E-state index in [4.69, 9.17) is 0 Å². The zero-order valence-electron chi connectivity index (χ0n) is 12.4. The average molecular weight is 316 g/mol. The first-order chi connectivity index (χ1) is 11.8. The van der Waals surface area contributed by atoms with E-state index >= 15 is 0 Å². The van der Waals surface area contributed by atoms with Crippen molar-refractivity contribution in [3.63, 3.8) is 0 Å². The maximum Gasteiger partial charge on any atom is 0.156 e. The number of rotatable bonds is 0. The number of aliphatic imine (C=N–C) groups is 4. The smallest absolute Gasteiger partial charge is 0.156 e. The zero-order valence-corrected chi connectivity index (χ0v) is 12.4. The summed E-state index contributed by atoms with van der Waals surface area (Å²) >= 11 is 0. The Balaban J connectivity index is 1.60. The second kappa shape index (κ2) is 4.92. The molecule has 0 aliphatic carbocycles. The first kappa shape index (κ1) is 12.8. The summed E-state index contributed by atoms with van der Waals surface area (Å²) in [6, 6.07) is 7.68. The normalized spacial score (nSPS) is 17.7. The molecule has 0 aromatic carbocycles. The van der Waals surface area contributed by atoms with Gasteiger partial charge in [0.15, 0.2) is 17.5 Å². The highest BCUT2D eigenvalue weighted by atomic mass is 15.2. The molecule has 2 aromatic rings. The Hall–Kier alpha value is -3.68. The summed E-state index contributed by atoms with van der Waals surface area (Å²) in [4.78, 5) is 24.1. The van der Waals surface area contributed by atoms with Crippen molar-refractivity contribution >= 4 is 46.6 Å². The molecule has 3 aliphatic heterocycles. The van der Waals surface area contributed by atoms with E-state index in [0.717, 1.165) is 17.5 Å². The number of anilines is 3. The molecular formula is C16H12N8. The van der Waals surface area contributed by atoms with Gasteiger partial charge in [-0.3, -0.25) is 0 Å². The van der Waals surface area contributed by atoms with Crippen LogP contribution in [0.5, 0.6) is 0 Å². The van der Waals surface area contributed by atoms with Crippen LogP contribution in [0.2, 0.25) is 0 Å². The molecule has 5 rings (SSSR count). The van der Waals surface area contributed by atoms with Gasteiger partial charge in [0.05, 0.1) is 0 Å². The highest BCUT2D eigenvalue weighted by Gasteiger charge is 2.11. The average Bonchev–Trinajstić information content (AvgIpc) is 3.32. The molecule has 0 atom stereocenters. The standard InChI is InChI=1S/C16H12N8/c1-2-10-17-9(1)21-11-3-4-13(18-11)23-15-7-8-16(20-15)24-14-6-5-12(19-14)22-10/h1-8,17-18,21H,(H,19,20,22,23,24). The Morgan fingerprint density at radius 2 is 1.17 bits per heavy atom. The van der Waals surface area contributed by atoms with Gasteiger partial charge in [-0.05, 0) is 48.6 Å². The first-order valence-corrected chi connectivity index (χ1v) is 7.43. The Labute approximate surface area is 136 Å². The van der Waals surface area contributed by atoms with Crippen molar-refractivity contribution in [2.75, 3.05) is 10.6 Å². The zero-order chi connectivity index (χ0) is 15.9. The van der Waals surface area contributed by atoms with Gasteiger partial charge in [0, 0.05) is 0 Å². The maximum atomic E-state index is 4.46. The van der Waals surface area contributed by atoms with Crippen LogP contribution >= 0.6 is 0 Å². The summed E-state index contributed by atoms with van der Waals surface area (Å²) < 4.78 is 0. The molecule has 2 aromatic heterocycles. The number of nitrogens with one attached hydrogen (secondary N) is 4. The molecule has 4 N–H and O–H groups in total. The van der Waals surface area contributed by atoms with Gasteiger partial charge in [-0.15, -0.1) is 0 Å². The van der Waals surface area contributed by atoms with Crippen LogP contribution in [0.15, 0.2) is 68.5 Å². The van der Waals surface area contributed by atoms with Crippen molar-refractivity contribution in [3.05, 3.63) is 48.6 Å². The van der Waals surface area contributed by atoms with Gasteiger partial charge in [-0.25, -0.2) is 20.0 Å². The Morgan fingerprint density at radius 3 is 2.04 bits per heavy atom. The molecule has 0 spiro atoms. The monoisotopic (exact) mass is 316 g/mol. The summed E-state index contributed by atoms with van der Waals surface area (Å²) in [5.74, 6) is 5.72. The number of hydrogen-bond donors (Lipinski definition) is 4. The lowest BCUT2D eigenvalue weighted by Gasteiger charge is -2.02. The van der Waals surface area contributed by atoms with Gasteiger partial charge < -0.3 is 20.6 Å². The van der Waals surface area contributed by atoms with E-state index in [9.17, 15) is 0 Å². The van der Waals surface area contributed by atoms with Gasteiger partial charge >= 0.3 is 0 Å². The SMILES string of the molecule is C1=CC2=Nc3ccc([nH]3)Nc3ccc([nH]3)NC3=NC(=NC1=N2)C=C3. The van der Waals surface area contributed by atoms with Crippen LogP contribution in [0.3, 0.4) is 0 Å². The summed E-state index contributed by atoms with van der Waals surface area (Å²) in [6.07, 6.45) is 7.35. The third-order valence-corrected chi connectivity index (χ3v) is 3.59. The number of nitrogens with zero attached hydrogens (tertiary/aromatic N) is 4. The lowest BCUT2D eigenvalue weighted by molar-refractivity contribution is 1.29. The van der Waals surface area contributed by atoms with Crippen molar-refractivity contribution in [2.45, 2.75) is 0 Å². The van der Waals surface area contributed by atoms with Crippen LogP contribution < -0.4 is 10.6 Å². The molecule has 8 nitrogen and oxygen atoms in total. The predicted octanol–water partition coefficient (Wildman–Crippen LogP) is 2.88. The minimum Gasteiger partial charge on any atom is -0.328 e. The molecule has 0 saturated carbocycles. The van der Waals surface area contributed by atoms with Crippen LogP contribution in [0.4, 0.5) is 23.3 Å². The Kier molecular flexibility index (Phi) is 2.63. The molecule has 0 unspecified atom stereocenters. The first-order valence-electron chi connectivity index (χ1n) is 7.43. The molecule has 8 heteroatoms. The fraction of sp³-hybridized carbons (Fsp3) is 0. The quantitative estimate of drug-likeness (QED) is 0.600. The second-order valence-electron chi connectivity index (χ2n) is 5.37. The fourth-order valence-corrected chi connectivity index (χ4v) is 2.54. The highest BCUT2D eigenvalue weighted by molar-refractivity contribution is 6.23. The largest absolute Gasteiger partial charge is 0.328 e. The Morgan fingerprint density at radius 1 is 0.542 bits per heavy atom. The molecule has 0 amide bonds. The summed E-state index contributed by atoms with van der Waals surface area (Å²) in [7, 11) is 0. The van der Waals surface area contributed by atoms with Crippen LogP contribution in [0, 0.1) is 0 Å². The predicted molar refractivity (Wildman–Crippen MR) is 96.2 cm³/mol. The van der Waals surface area contributed by atoms with E-state index in [1.54, 1.807) is 0 Å². The lowest BCUT2D eigenvalue weighted by Crippen LogP contribution is -2.07. The number of hydrogen-bond acceptors (Lipinski definition) is 6. The van der Waals surface area contributed by atoms with Gasteiger partial charge in [0.1, 0.15) is 29.1 Å². The minimum absolute atomic E-state index is 0.581. The van der Waals surface area contributed by atoms with Crippen molar-refractivity contribution in [2.24, 2.45) is 20.0 Å². The molecule has 8 bridgehead atoms. The fourth-order valence-electron chi connectivity index (χ4n) is 2.54. The van der Waals surface area contributed by atoms with Crippen molar-refractivity contribution in [1.29, 1.82) is 0 Å². The molecule has 3 aliphatic rings. The van der Waals surface area contributed by atoms with Crippen molar-refractivity contribution in [3.8, 4) is 0 Å². The van der Waals surface area contributed by atoms with Gasteiger partial charge in [0.25, 0.3) is 0 Å². The van der Waals surface area contributed by atoms with E-state index in [0.29, 0.717) is 29.2 Å². The summed E-state index contributed by atoms with van der Waals surface area (Å²) in [5, 5.41) is 6.47. The van der Waals surface area contributed by atoms with E-state index in [1.807, 2.05) is 48.6 Å². The van der Waals surface area contributed by atoms with Crippen LogP contribution in [-0.2, 0) is 0 Å². The van der Waals surface area contributed by atoms with Crippen LogP contribution in [0.1, 0.15) is 0 Å². The maximum absolute atomic E-state index is 4.46. The molecule has 116 valence electrons. The van der Waals surface area contributed by atoms with E-state index in [2.05, 4.69) is 40.6 Å². The number of aromatic amines is 2. The number of aromatic nitrogens is 2. The Bertz CT molecular complexity index is 1010. The van der Waals surface area contributed by atoms with Crippen molar-refractivity contribution in [1.82, 2.24) is 9.97 Å². The molecule has 24 heavy (non-hydrogen) atoms. The third-order valence-electron chi connectivity index (χ3n) is 3.59.